The Hall–Kier alpha value is -4.71. The highest BCUT2D eigenvalue weighted by molar-refractivity contribution is 6.51. The largest absolute Gasteiger partial charge is 0.507 e. The number of aliphatic hydroxyl groups excluding tert-OH is 1. The number of rotatable bonds is 5. The van der Waals surface area contributed by atoms with Crippen LogP contribution in [0.3, 0.4) is 0 Å². The van der Waals surface area contributed by atoms with Crippen LogP contribution in [0.2, 0.25) is 0 Å². The van der Waals surface area contributed by atoms with Crippen molar-refractivity contribution in [3.8, 4) is 0 Å². The van der Waals surface area contributed by atoms with Gasteiger partial charge in [-0.25, -0.2) is 0 Å². The van der Waals surface area contributed by atoms with Crippen LogP contribution in [0.15, 0.2) is 96.6 Å². The number of methoxy groups -OCH3 is 1. The molecule has 0 aromatic heterocycles. The lowest BCUT2D eigenvalue weighted by atomic mass is 9.92. The molecule has 184 valence electrons. The van der Waals surface area contributed by atoms with Gasteiger partial charge in [0.25, 0.3) is 11.7 Å². The zero-order chi connectivity index (χ0) is 26.1. The van der Waals surface area contributed by atoms with E-state index >= 15 is 0 Å². The number of benzene rings is 4. The van der Waals surface area contributed by atoms with Crippen LogP contribution in [0.25, 0.3) is 16.5 Å². The van der Waals surface area contributed by atoms with Gasteiger partial charge >= 0.3 is 5.97 Å². The normalized spacial score (nSPS) is 16.8. The first kappa shape index (κ1) is 24.0. The third kappa shape index (κ3) is 4.38. The van der Waals surface area contributed by atoms with Crippen molar-refractivity contribution in [2.45, 2.75) is 19.4 Å². The maximum absolute atomic E-state index is 13.5. The smallest absolute Gasteiger partial charge is 0.309 e. The monoisotopic (exact) mass is 491 g/mol. The third-order valence-corrected chi connectivity index (χ3v) is 6.64. The molecule has 1 amide bonds. The summed E-state index contributed by atoms with van der Waals surface area (Å²) in [5, 5.41) is 13.3. The standard InChI is InChI=1S/C31H25NO5/c1-19-7-5-10-22(17-19)28-27(29(34)25-12-6-9-21-8-3-4-11-24(21)25)30(35)31(36)32(28)23-15-13-20(14-16-23)18-26(33)37-2/h3-17,28,34H,18H2,1-2H3/b29-27-. The average molecular weight is 492 g/mol. The van der Waals surface area contributed by atoms with Gasteiger partial charge in [-0.05, 0) is 41.0 Å². The number of esters is 1. The van der Waals surface area contributed by atoms with Crippen LogP contribution in [-0.2, 0) is 25.5 Å². The maximum Gasteiger partial charge on any atom is 0.309 e. The summed E-state index contributed by atoms with van der Waals surface area (Å²) in [5.41, 5.74) is 3.39. The minimum absolute atomic E-state index is 0.0330. The van der Waals surface area contributed by atoms with E-state index in [4.69, 9.17) is 4.74 Å². The number of hydrogen-bond acceptors (Lipinski definition) is 5. The van der Waals surface area contributed by atoms with Gasteiger partial charge in [-0.1, -0.05) is 84.4 Å². The van der Waals surface area contributed by atoms with Crippen molar-refractivity contribution in [2.75, 3.05) is 12.0 Å². The van der Waals surface area contributed by atoms with Crippen LogP contribution < -0.4 is 4.90 Å². The summed E-state index contributed by atoms with van der Waals surface area (Å²) >= 11 is 0. The summed E-state index contributed by atoms with van der Waals surface area (Å²) in [7, 11) is 1.33. The number of ketones is 1. The molecule has 1 aliphatic heterocycles. The molecule has 1 saturated heterocycles. The molecule has 4 aromatic rings. The molecule has 0 saturated carbocycles. The molecule has 1 atom stereocenters. The van der Waals surface area contributed by atoms with Crippen molar-refractivity contribution >= 4 is 39.9 Å². The highest BCUT2D eigenvalue weighted by Gasteiger charge is 2.47. The summed E-state index contributed by atoms with van der Waals surface area (Å²) in [4.78, 5) is 40.0. The van der Waals surface area contributed by atoms with Crippen molar-refractivity contribution in [2.24, 2.45) is 0 Å². The minimum Gasteiger partial charge on any atom is -0.507 e. The Kier molecular flexibility index (Phi) is 6.32. The van der Waals surface area contributed by atoms with E-state index in [1.807, 2.05) is 67.6 Å². The molecule has 1 fully saturated rings. The highest BCUT2D eigenvalue weighted by atomic mass is 16.5. The number of Topliss-reactive ketones (excluding diaryl/α,β-unsaturated/α-hetero) is 1. The topological polar surface area (TPSA) is 83.9 Å². The van der Waals surface area contributed by atoms with E-state index in [1.165, 1.54) is 12.0 Å². The molecular weight excluding hydrogens is 466 g/mol. The molecule has 0 radical (unpaired) electrons. The molecular formula is C31H25NO5. The van der Waals surface area contributed by atoms with Crippen molar-refractivity contribution in [3.05, 3.63) is 119 Å². The van der Waals surface area contributed by atoms with E-state index in [-0.39, 0.29) is 23.7 Å². The number of amides is 1. The van der Waals surface area contributed by atoms with Crippen molar-refractivity contribution in [1.29, 1.82) is 0 Å². The molecule has 0 bridgehead atoms. The van der Waals surface area contributed by atoms with Gasteiger partial charge in [-0.3, -0.25) is 19.3 Å². The fourth-order valence-corrected chi connectivity index (χ4v) is 4.84. The van der Waals surface area contributed by atoms with Gasteiger partial charge in [0.1, 0.15) is 5.76 Å². The van der Waals surface area contributed by atoms with Gasteiger partial charge in [0.2, 0.25) is 0 Å². The Morgan fingerprint density at radius 3 is 2.35 bits per heavy atom. The average Bonchev–Trinajstić information content (AvgIpc) is 3.18. The predicted octanol–water partition coefficient (Wildman–Crippen LogP) is 5.49. The number of carbonyl (C=O) groups is 3. The Bertz CT molecular complexity index is 1560. The number of anilines is 1. The van der Waals surface area contributed by atoms with Crippen molar-refractivity contribution in [3.63, 3.8) is 0 Å². The van der Waals surface area contributed by atoms with E-state index < -0.39 is 17.7 Å². The van der Waals surface area contributed by atoms with E-state index in [0.717, 1.165) is 21.9 Å². The predicted molar refractivity (Wildman–Crippen MR) is 142 cm³/mol. The molecule has 1 N–H and O–H groups in total. The lowest BCUT2D eigenvalue weighted by Gasteiger charge is -2.26. The lowest BCUT2D eigenvalue weighted by molar-refractivity contribution is -0.139. The van der Waals surface area contributed by atoms with E-state index in [1.54, 1.807) is 30.3 Å². The van der Waals surface area contributed by atoms with Crippen LogP contribution in [0.5, 0.6) is 0 Å². The van der Waals surface area contributed by atoms with Gasteiger partial charge in [-0.2, -0.15) is 0 Å². The van der Waals surface area contributed by atoms with E-state index in [9.17, 15) is 19.5 Å². The Morgan fingerprint density at radius 1 is 0.919 bits per heavy atom. The molecule has 4 aromatic carbocycles. The molecule has 5 rings (SSSR count). The number of aryl methyl sites for hydroxylation is 1. The SMILES string of the molecule is COC(=O)Cc1ccc(N2C(=O)C(=O)/C(=C(\O)c3cccc4ccccc34)C2c2cccc(C)c2)cc1. The number of nitrogens with zero attached hydrogens (tertiary/aromatic N) is 1. The molecule has 37 heavy (non-hydrogen) atoms. The molecule has 6 nitrogen and oxygen atoms in total. The fraction of sp³-hybridized carbons (Fsp3) is 0.129. The second-order valence-electron chi connectivity index (χ2n) is 9.03. The van der Waals surface area contributed by atoms with Crippen LogP contribution >= 0.6 is 0 Å². The quantitative estimate of drug-likeness (QED) is 0.173. The van der Waals surface area contributed by atoms with Crippen molar-refractivity contribution in [1.82, 2.24) is 0 Å². The number of ether oxygens (including phenoxy) is 1. The molecule has 0 aliphatic carbocycles. The van der Waals surface area contributed by atoms with Gasteiger partial charge in [0, 0.05) is 11.3 Å². The van der Waals surface area contributed by atoms with Crippen LogP contribution in [0.4, 0.5) is 5.69 Å². The minimum atomic E-state index is -0.828. The highest BCUT2D eigenvalue weighted by Crippen LogP contribution is 2.43. The molecule has 0 spiro atoms. The summed E-state index contributed by atoms with van der Waals surface area (Å²) in [6, 6.07) is 26.6. The molecule has 1 heterocycles. The molecule has 6 heteroatoms. The van der Waals surface area contributed by atoms with Gasteiger partial charge in [-0.15, -0.1) is 0 Å². The number of carbonyl (C=O) groups excluding carboxylic acids is 3. The first-order valence-corrected chi connectivity index (χ1v) is 11.9. The summed E-state index contributed by atoms with van der Waals surface area (Å²) in [5.74, 6) is -2.07. The first-order chi connectivity index (χ1) is 17.9. The Morgan fingerprint density at radius 2 is 1.62 bits per heavy atom. The fourth-order valence-electron chi connectivity index (χ4n) is 4.84. The van der Waals surface area contributed by atoms with E-state index in [0.29, 0.717) is 16.8 Å². The lowest BCUT2D eigenvalue weighted by Crippen LogP contribution is -2.29. The summed E-state index contributed by atoms with van der Waals surface area (Å²) < 4.78 is 4.73. The first-order valence-electron chi connectivity index (χ1n) is 11.9. The Balaban J connectivity index is 1.68. The zero-order valence-corrected chi connectivity index (χ0v) is 20.5. The van der Waals surface area contributed by atoms with Gasteiger partial charge in [0.05, 0.1) is 25.1 Å². The number of aliphatic hydroxyl groups is 1. The zero-order valence-electron chi connectivity index (χ0n) is 20.5. The molecule has 1 unspecified atom stereocenters. The Labute approximate surface area is 214 Å². The molecule has 1 aliphatic rings. The summed E-state index contributed by atoms with van der Waals surface area (Å²) in [6.07, 6.45) is 0.0952. The number of fused-ring (bicyclic) bond motifs is 1. The maximum atomic E-state index is 13.5. The third-order valence-electron chi connectivity index (χ3n) is 6.64. The van der Waals surface area contributed by atoms with E-state index in [2.05, 4.69) is 0 Å². The van der Waals surface area contributed by atoms with Crippen LogP contribution in [0.1, 0.15) is 28.3 Å². The second-order valence-corrected chi connectivity index (χ2v) is 9.03. The van der Waals surface area contributed by atoms with Gasteiger partial charge in [0.15, 0.2) is 0 Å². The van der Waals surface area contributed by atoms with Crippen LogP contribution in [0, 0.1) is 6.92 Å². The second kappa shape index (κ2) is 9.74. The summed E-state index contributed by atoms with van der Waals surface area (Å²) in [6.45, 7) is 1.93. The number of hydrogen-bond donors (Lipinski definition) is 1. The van der Waals surface area contributed by atoms with Crippen LogP contribution in [-0.4, -0.2) is 29.9 Å². The van der Waals surface area contributed by atoms with Crippen molar-refractivity contribution < 1.29 is 24.2 Å². The van der Waals surface area contributed by atoms with Gasteiger partial charge < -0.3 is 9.84 Å².